The molecule has 4 rings (SSSR count). The lowest BCUT2D eigenvalue weighted by Crippen LogP contribution is -2.71. The molecule has 2 aliphatic carbocycles. The van der Waals surface area contributed by atoms with Crippen LogP contribution >= 0.6 is 0 Å². The van der Waals surface area contributed by atoms with E-state index >= 15 is 0 Å². The molecule has 6 nitrogen and oxygen atoms in total. The van der Waals surface area contributed by atoms with Crippen molar-refractivity contribution in [2.24, 2.45) is 28.6 Å². The number of hydrogen-bond donors (Lipinski definition) is 1. The van der Waals surface area contributed by atoms with Crippen LogP contribution in [0.25, 0.3) is 0 Å². The zero-order chi connectivity index (χ0) is 19.5. The Balaban J connectivity index is 2.27. The Hall–Kier alpha value is -2.11. The van der Waals surface area contributed by atoms with E-state index in [9.17, 15) is 19.5 Å². The van der Waals surface area contributed by atoms with Crippen LogP contribution in [-0.2, 0) is 23.9 Å². The summed E-state index contributed by atoms with van der Waals surface area (Å²) in [5.41, 5.74) is -2.00. The summed E-state index contributed by atoms with van der Waals surface area (Å²) in [4.78, 5) is 37.1. The number of carbonyl (C=O) groups excluding carboxylic acids is 2. The molecule has 142 valence electrons. The summed E-state index contributed by atoms with van der Waals surface area (Å²) in [6.45, 7) is 9.65. The highest BCUT2D eigenvalue weighted by Gasteiger charge is 2.72. The minimum Gasteiger partial charge on any atom is -0.481 e. The first kappa shape index (κ1) is 18.7. The second-order valence-corrected chi connectivity index (χ2v) is 8.53. The lowest BCUT2D eigenvalue weighted by Gasteiger charge is -2.64. The van der Waals surface area contributed by atoms with Gasteiger partial charge in [0, 0.05) is 11.3 Å². The second kappa shape index (κ2) is 5.69. The zero-order valence-electron chi connectivity index (χ0n) is 15.7. The Labute approximate surface area is 153 Å². The summed E-state index contributed by atoms with van der Waals surface area (Å²) in [6.07, 6.45) is 4.66. The predicted molar refractivity (Wildman–Crippen MR) is 93.0 cm³/mol. The van der Waals surface area contributed by atoms with E-state index in [0.29, 0.717) is 18.4 Å². The average molecular weight is 362 g/mol. The molecule has 0 amide bonds. The number of carboxylic acids is 1. The van der Waals surface area contributed by atoms with E-state index in [1.54, 1.807) is 12.2 Å². The Morgan fingerprint density at radius 2 is 2.08 bits per heavy atom. The summed E-state index contributed by atoms with van der Waals surface area (Å²) < 4.78 is 10.7. The van der Waals surface area contributed by atoms with Gasteiger partial charge in [-0.15, -0.1) is 6.58 Å². The third-order valence-electron chi connectivity index (χ3n) is 6.95. The van der Waals surface area contributed by atoms with Crippen molar-refractivity contribution in [2.45, 2.75) is 45.6 Å². The molecule has 1 unspecified atom stereocenters. The lowest BCUT2D eigenvalue weighted by atomic mass is 9.44. The first-order chi connectivity index (χ1) is 12.0. The van der Waals surface area contributed by atoms with Gasteiger partial charge in [0.2, 0.25) is 0 Å². The van der Waals surface area contributed by atoms with Crippen LogP contribution < -0.4 is 0 Å². The van der Waals surface area contributed by atoms with Gasteiger partial charge in [0.1, 0.15) is 5.92 Å². The van der Waals surface area contributed by atoms with Crippen molar-refractivity contribution >= 4 is 17.9 Å². The van der Waals surface area contributed by atoms with Crippen LogP contribution in [0.15, 0.2) is 24.3 Å². The monoisotopic (exact) mass is 362 g/mol. The first-order valence-corrected chi connectivity index (χ1v) is 8.92. The molecule has 2 bridgehead atoms. The molecule has 2 fully saturated rings. The molecule has 4 aliphatic rings. The molecule has 1 spiro atoms. The number of hydrogen-bond acceptors (Lipinski definition) is 5. The van der Waals surface area contributed by atoms with Gasteiger partial charge in [0.05, 0.1) is 19.4 Å². The Morgan fingerprint density at radius 3 is 2.62 bits per heavy atom. The number of allylic oxidation sites excluding steroid dienone is 1. The van der Waals surface area contributed by atoms with Crippen LogP contribution in [0.5, 0.6) is 0 Å². The zero-order valence-corrected chi connectivity index (χ0v) is 15.7. The number of aliphatic carboxylic acids is 1. The summed E-state index contributed by atoms with van der Waals surface area (Å²) in [6, 6.07) is 0. The van der Waals surface area contributed by atoms with Crippen LogP contribution in [0.1, 0.15) is 40.0 Å². The molecule has 5 atom stereocenters. The fraction of sp³-hybridized carbons (Fsp3) is 0.650. The lowest BCUT2D eigenvalue weighted by molar-refractivity contribution is -0.235. The van der Waals surface area contributed by atoms with Crippen molar-refractivity contribution < 1.29 is 29.0 Å². The molecule has 2 heterocycles. The standard InChI is InChI=1S/C20H26O6/c1-6-19(4)8-7-13-18(2,3)12-9-11(10-14(21)25-5)20(13,26-17(12)24)15(19)16(22)23/h6,9,12-13,15H,1,7-8,10H2,2-5H3,(H,22,23)/t12-,13?,15+,19-,20-/m1/s1. The summed E-state index contributed by atoms with van der Waals surface area (Å²) >= 11 is 0. The van der Waals surface area contributed by atoms with Crippen molar-refractivity contribution in [1.29, 1.82) is 0 Å². The van der Waals surface area contributed by atoms with E-state index in [1.807, 2.05) is 20.8 Å². The van der Waals surface area contributed by atoms with Crippen molar-refractivity contribution in [3.8, 4) is 0 Å². The number of carbonyl (C=O) groups is 3. The van der Waals surface area contributed by atoms with Crippen molar-refractivity contribution in [2.75, 3.05) is 7.11 Å². The molecule has 1 N–H and O–H groups in total. The number of methoxy groups -OCH3 is 1. The molecule has 0 aromatic carbocycles. The first-order valence-electron chi connectivity index (χ1n) is 8.92. The van der Waals surface area contributed by atoms with Gasteiger partial charge in [-0.1, -0.05) is 32.9 Å². The minimum atomic E-state index is -1.35. The molecule has 1 saturated heterocycles. The van der Waals surface area contributed by atoms with Gasteiger partial charge in [0.15, 0.2) is 5.60 Å². The number of fused-ring (bicyclic) bond motifs is 1. The van der Waals surface area contributed by atoms with E-state index in [-0.39, 0.29) is 12.3 Å². The molecule has 26 heavy (non-hydrogen) atoms. The van der Waals surface area contributed by atoms with Crippen LogP contribution in [0.2, 0.25) is 0 Å². The van der Waals surface area contributed by atoms with Gasteiger partial charge in [0.25, 0.3) is 0 Å². The summed E-state index contributed by atoms with van der Waals surface area (Å²) in [5.74, 6) is -3.61. The van der Waals surface area contributed by atoms with Crippen LogP contribution in [-0.4, -0.2) is 35.7 Å². The van der Waals surface area contributed by atoms with E-state index in [0.717, 1.165) is 0 Å². The molecule has 0 radical (unpaired) electrons. The maximum absolute atomic E-state index is 12.7. The van der Waals surface area contributed by atoms with Crippen LogP contribution in [0.3, 0.4) is 0 Å². The van der Waals surface area contributed by atoms with Gasteiger partial charge < -0.3 is 14.6 Å². The quantitative estimate of drug-likeness (QED) is 0.611. The number of carboxylic acid groups (broad SMARTS) is 1. The van der Waals surface area contributed by atoms with E-state index in [2.05, 4.69) is 6.58 Å². The highest BCUT2D eigenvalue weighted by molar-refractivity contribution is 5.85. The van der Waals surface area contributed by atoms with Gasteiger partial charge in [-0.25, -0.2) is 0 Å². The SMILES string of the molecule is C=C[C@]1(C)CCC2C(C)(C)[C@@H]3C=C(CC(=O)OC)[C@]2(OC3=O)[C@H]1C(=O)O. The predicted octanol–water partition coefficient (Wildman–Crippen LogP) is 2.73. The summed E-state index contributed by atoms with van der Waals surface area (Å²) in [5, 5.41) is 10.1. The maximum atomic E-state index is 12.7. The second-order valence-electron chi connectivity index (χ2n) is 8.53. The highest BCUT2D eigenvalue weighted by atomic mass is 16.6. The third kappa shape index (κ3) is 2.20. The van der Waals surface area contributed by atoms with Crippen LogP contribution in [0.4, 0.5) is 0 Å². The molecular formula is C20H26O6. The topological polar surface area (TPSA) is 89.9 Å². The van der Waals surface area contributed by atoms with Crippen LogP contribution in [0, 0.1) is 28.6 Å². The smallest absolute Gasteiger partial charge is 0.314 e. The van der Waals surface area contributed by atoms with Gasteiger partial charge in [-0.05, 0) is 23.8 Å². The Kier molecular flexibility index (Phi) is 4.09. The Bertz CT molecular complexity index is 720. The van der Waals surface area contributed by atoms with E-state index in [1.165, 1.54) is 7.11 Å². The van der Waals surface area contributed by atoms with E-state index < -0.39 is 46.2 Å². The minimum absolute atomic E-state index is 0.0795. The van der Waals surface area contributed by atoms with Crippen molar-refractivity contribution in [1.82, 2.24) is 0 Å². The molecule has 1 saturated carbocycles. The van der Waals surface area contributed by atoms with Gasteiger partial charge >= 0.3 is 17.9 Å². The molecule has 0 aromatic heterocycles. The molecule has 0 aromatic rings. The van der Waals surface area contributed by atoms with E-state index in [4.69, 9.17) is 9.47 Å². The normalized spacial score (nSPS) is 40.1. The summed E-state index contributed by atoms with van der Waals surface area (Å²) in [7, 11) is 1.29. The molecular weight excluding hydrogens is 336 g/mol. The number of ether oxygens (including phenoxy) is 2. The third-order valence-corrected chi connectivity index (χ3v) is 6.95. The number of esters is 2. The fourth-order valence-corrected chi connectivity index (χ4v) is 5.51. The van der Waals surface area contributed by atoms with Gasteiger partial charge in [-0.3, -0.25) is 14.4 Å². The average Bonchev–Trinajstić information content (AvgIpc) is 2.55. The van der Waals surface area contributed by atoms with Crippen molar-refractivity contribution in [3.05, 3.63) is 24.3 Å². The highest BCUT2D eigenvalue weighted by Crippen LogP contribution is 2.66. The van der Waals surface area contributed by atoms with Crippen molar-refractivity contribution in [3.63, 3.8) is 0 Å². The molecule has 2 aliphatic heterocycles. The Morgan fingerprint density at radius 1 is 1.42 bits per heavy atom. The largest absolute Gasteiger partial charge is 0.481 e. The maximum Gasteiger partial charge on any atom is 0.314 e. The van der Waals surface area contributed by atoms with Gasteiger partial charge in [-0.2, -0.15) is 0 Å². The fourth-order valence-electron chi connectivity index (χ4n) is 5.51. The number of rotatable bonds is 4. The molecule has 6 heteroatoms.